The van der Waals surface area contributed by atoms with Crippen LogP contribution in [0.2, 0.25) is 0 Å². The molecule has 0 unspecified atom stereocenters. The van der Waals surface area contributed by atoms with Gasteiger partial charge in [0.1, 0.15) is 11.5 Å². The zero-order chi connectivity index (χ0) is 24.5. The van der Waals surface area contributed by atoms with Crippen molar-refractivity contribution in [3.8, 4) is 11.3 Å². The first-order valence-corrected chi connectivity index (χ1v) is 12.5. The summed E-state index contributed by atoms with van der Waals surface area (Å²) < 4.78 is 12.9. The fourth-order valence-corrected chi connectivity index (χ4v) is 5.42. The summed E-state index contributed by atoms with van der Waals surface area (Å²) in [5.41, 5.74) is 6.99. The van der Waals surface area contributed by atoms with Crippen molar-refractivity contribution in [2.75, 3.05) is 0 Å². The number of nitrogens with zero attached hydrogens (tertiary/aromatic N) is 1. The van der Waals surface area contributed by atoms with Gasteiger partial charge in [0, 0.05) is 33.5 Å². The van der Waals surface area contributed by atoms with E-state index >= 15 is 0 Å². The Bertz CT molecular complexity index is 1740. The highest BCUT2D eigenvalue weighted by Crippen LogP contribution is 2.42. The molecule has 3 heterocycles. The highest BCUT2D eigenvalue weighted by molar-refractivity contribution is 6.16. The van der Waals surface area contributed by atoms with Gasteiger partial charge >= 0.3 is 0 Å². The van der Waals surface area contributed by atoms with Crippen molar-refractivity contribution in [1.29, 1.82) is 0 Å². The Morgan fingerprint density at radius 3 is 2.29 bits per heavy atom. The van der Waals surface area contributed by atoms with Gasteiger partial charge in [0.2, 0.25) is 0 Å². The summed E-state index contributed by atoms with van der Waals surface area (Å²) in [6, 6.07) is 19.5. The van der Waals surface area contributed by atoms with Crippen LogP contribution < -0.4 is 0 Å². The maximum absolute atomic E-state index is 6.61. The molecule has 0 saturated carbocycles. The van der Waals surface area contributed by atoms with Crippen molar-refractivity contribution in [2.24, 2.45) is 5.92 Å². The third-order valence-corrected chi connectivity index (χ3v) is 7.07. The van der Waals surface area contributed by atoms with E-state index in [0.29, 0.717) is 5.92 Å². The highest BCUT2D eigenvalue weighted by Gasteiger charge is 2.22. The number of aromatic nitrogens is 1. The molecule has 0 radical (unpaired) electrons. The van der Waals surface area contributed by atoms with Crippen molar-refractivity contribution in [3.05, 3.63) is 77.7 Å². The van der Waals surface area contributed by atoms with Gasteiger partial charge in [-0.25, -0.2) is 0 Å². The second-order valence-corrected chi connectivity index (χ2v) is 11.2. The van der Waals surface area contributed by atoms with Gasteiger partial charge in [-0.15, -0.1) is 0 Å². The average molecular weight is 462 g/mol. The minimum Gasteiger partial charge on any atom is -0.457 e. The molecule has 0 aliphatic heterocycles. The molecule has 6 rings (SSSR count). The van der Waals surface area contributed by atoms with Crippen LogP contribution in [0.25, 0.3) is 54.9 Å². The average Bonchev–Trinajstić information content (AvgIpc) is 3.35. The minimum atomic E-state index is 0.00205. The molecule has 0 spiro atoms. The quantitative estimate of drug-likeness (QED) is 0.263. The second kappa shape index (κ2) is 7.71. The SMILES string of the molecule is Cc1oc2c(ccc3c4ccnc(-c5cc(C(C)(C)C)c6ccccc6c5)c4oc32)c1CC(C)C. The molecule has 0 aliphatic rings. The van der Waals surface area contributed by atoms with E-state index in [2.05, 4.69) is 90.1 Å². The van der Waals surface area contributed by atoms with Crippen molar-refractivity contribution in [2.45, 2.75) is 53.4 Å². The van der Waals surface area contributed by atoms with Gasteiger partial charge in [-0.3, -0.25) is 4.98 Å². The van der Waals surface area contributed by atoms with Crippen LogP contribution >= 0.6 is 0 Å². The van der Waals surface area contributed by atoms with Crippen LogP contribution in [-0.4, -0.2) is 4.98 Å². The van der Waals surface area contributed by atoms with Crippen LogP contribution in [0.4, 0.5) is 0 Å². The van der Waals surface area contributed by atoms with E-state index in [1.54, 1.807) is 0 Å². The third kappa shape index (κ3) is 3.44. The van der Waals surface area contributed by atoms with Gasteiger partial charge in [0.15, 0.2) is 16.7 Å². The summed E-state index contributed by atoms with van der Waals surface area (Å²) in [6.07, 6.45) is 2.88. The van der Waals surface area contributed by atoms with E-state index in [-0.39, 0.29) is 5.41 Å². The Kier molecular flexibility index (Phi) is 4.83. The van der Waals surface area contributed by atoms with E-state index in [4.69, 9.17) is 13.8 Å². The Balaban J connectivity index is 1.64. The molecule has 6 aromatic rings. The molecule has 0 amide bonds. The molecule has 35 heavy (non-hydrogen) atoms. The van der Waals surface area contributed by atoms with Crippen LogP contribution in [0, 0.1) is 12.8 Å². The molecule has 3 aromatic heterocycles. The largest absolute Gasteiger partial charge is 0.457 e. The van der Waals surface area contributed by atoms with Crippen molar-refractivity contribution >= 4 is 43.7 Å². The van der Waals surface area contributed by atoms with Gasteiger partial charge in [-0.2, -0.15) is 0 Å². The lowest BCUT2D eigenvalue weighted by Crippen LogP contribution is -2.12. The second-order valence-electron chi connectivity index (χ2n) is 11.2. The monoisotopic (exact) mass is 461 g/mol. The number of rotatable bonds is 3. The predicted molar refractivity (Wildman–Crippen MR) is 146 cm³/mol. The molecular formula is C32H31NO2. The van der Waals surface area contributed by atoms with E-state index in [9.17, 15) is 0 Å². The number of benzene rings is 3. The van der Waals surface area contributed by atoms with E-state index < -0.39 is 0 Å². The Labute approximate surface area is 205 Å². The lowest BCUT2D eigenvalue weighted by molar-refractivity contribution is 0.554. The molecule has 0 atom stereocenters. The molecule has 0 bridgehead atoms. The smallest absolute Gasteiger partial charge is 0.178 e. The molecule has 0 fully saturated rings. The number of hydrogen-bond donors (Lipinski definition) is 0. The van der Waals surface area contributed by atoms with Gasteiger partial charge < -0.3 is 8.83 Å². The van der Waals surface area contributed by atoms with Gasteiger partial charge in [-0.1, -0.05) is 58.9 Å². The normalized spacial score (nSPS) is 12.7. The Morgan fingerprint density at radius 2 is 1.51 bits per heavy atom. The maximum Gasteiger partial charge on any atom is 0.178 e. The van der Waals surface area contributed by atoms with Gasteiger partial charge in [0.05, 0.1) is 0 Å². The first-order chi connectivity index (χ1) is 16.7. The van der Waals surface area contributed by atoms with Crippen molar-refractivity contribution in [3.63, 3.8) is 0 Å². The fraction of sp³-hybridized carbons (Fsp3) is 0.281. The Hall–Kier alpha value is -3.59. The number of furan rings is 2. The first-order valence-electron chi connectivity index (χ1n) is 12.5. The van der Waals surface area contributed by atoms with Crippen LogP contribution in [0.3, 0.4) is 0 Å². The molecule has 0 N–H and O–H groups in total. The summed E-state index contributed by atoms with van der Waals surface area (Å²) >= 11 is 0. The molecule has 3 nitrogen and oxygen atoms in total. The van der Waals surface area contributed by atoms with E-state index in [1.807, 2.05) is 12.3 Å². The lowest BCUT2D eigenvalue weighted by atomic mass is 9.82. The molecule has 3 aromatic carbocycles. The van der Waals surface area contributed by atoms with Crippen molar-refractivity contribution < 1.29 is 8.83 Å². The Morgan fingerprint density at radius 1 is 0.800 bits per heavy atom. The summed E-state index contributed by atoms with van der Waals surface area (Å²) in [5.74, 6) is 1.53. The first kappa shape index (κ1) is 21.9. The highest BCUT2D eigenvalue weighted by atomic mass is 16.4. The number of pyridine rings is 1. The third-order valence-electron chi connectivity index (χ3n) is 7.07. The number of aryl methyl sites for hydroxylation is 1. The minimum absolute atomic E-state index is 0.00205. The number of fused-ring (bicyclic) bond motifs is 6. The molecular weight excluding hydrogens is 430 g/mol. The van der Waals surface area contributed by atoms with E-state index in [1.165, 1.54) is 21.9 Å². The van der Waals surface area contributed by atoms with Crippen LogP contribution in [0.5, 0.6) is 0 Å². The van der Waals surface area contributed by atoms with Gasteiger partial charge in [-0.05, 0) is 71.3 Å². The number of hydrogen-bond acceptors (Lipinski definition) is 3. The molecule has 0 aliphatic carbocycles. The van der Waals surface area contributed by atoms with Crippen LogP contribution in [-0.2, 0) is 11.8 Å². The predicted octanol–water partition coefficient (Wildman–Crippen LogP) is 9.35. The van der Waals surface area contributed by atoms with Crippen molar-refractivity contribution in [1.82, 2.24) is 4.98 Å². The summed E-state index contributed by atoms with van der Waals surface area (Å²) in [7, 11) is 0. The fourth-order valence-electron chi connectivity index (χ4n) is 5.42. The van der Waals surface area contributed by atoms with Crippen LogP contribution in [0.15, 0.2) is 69.6 Å². The molecule has 3 heteroatoms. The molecule has 176 valence electrons. The topological polar surface area (TPSA) is 39.2 Å². The maximum atomic E-state index is 6.61. The summed E-state index contributed by atoms with van der Waals surface area (Å²) in [4.78, 5) is 4.82. The standard InChI is InChI=1S/C32H31NO2/c1-18(2)15-26-19(3)34-30-24(26)12-11-23-25-13-14-33-28(29(25)35-31(23)30)21-16-20-9-7-8-10-22(20)27(17-21)32(4,5)6/h7-14,16-18H,15H2,1-6H3. The van der Waals surface area contributed by atoms with E-state index in [0.717, 1.165) is 56.3 Å². The lowest BCUT2D eigenvalue weighted by Gasteiger charge is -2.22. The van der Waals surface area contributed by atoms with Crippen LogP contribution in [0.1, 0.15) is 51.5 Å². The summed E-state index contributed by atoms with van der Waals surface area (Å²) in [6.45, 7) is 13.3. The zero-order valence-electron chi connectivity index (χ0n) is 21.3. The van der Waals surface area contributed by atoms with Gasteiger partial charge in [0.25, 0.3) is 0 Å². The zero-order valence-corrected chi connectivity index (χ0v) is 21.3. The summed E-state index contributed by atoms with van der Waals surface area (Å²) in [5, 5.41) is 5.78. The molecule has 0 saturated heterocycles.